The number of rotatable bonds is 4. The number of esters is 1. The summed E-state index contributed by atoms with van der Waals surface area (Å²) in [6.07, 6.45) is 0.123. The van der Waals surface area contributed by atoms with Gasteiger partial charge in [0.2, 0.25) is 0 Å². The molecule has 0 saturated carbocycles. The SMILES string of the molecule is CCOC(=O)c1cccc(OC)c1CC#N. The van der Waals surface area contributed by atoms with Crippen LogP contribution >= 0.6 is 0 Å². The Kier molecular flexibility index (Phi) is 4.34. The highest BCUT2D eigenvalue weighted by Crippen LogP contribution is 2.23. The third-order valence-corrected chi connectivity index (χ3v) is 2.10. The Morgan fingerprint density at radius 1 is 1.50 bits per heavy atom. The molecule has 0 atom stereocenters. The van der Waals surface area contributed by atoms with Crippen LogP contribution < -0.4 is 4.74 Å². The monoisotopic (exact) mass is 219 g/mol. The van der Waals surface area contributed by atoms with Gasteiger partial charge in [0.15, 0.2) is 0 Å². The molecule has 0 bridgehead atoms. The van der Waals surface area contributed by atoms with Crippen LogP contribution in [0.15, 0.2) is 18.2 Å². The molecule has 0 saturated heterocycles. The zero-order chi connectivity index (χ0) is 12.0. The van der Waals surface area contributed by atoms with Gasteiger partial charge in [-0.15, -0.1) is 0 Å². The van der Waals surface area contributed by atoms with Crippen molar-refractivity contribution in [3.8, 4) is 11.8 Å². The van der Waals surface area contributed by atoms with Crippen LogP contribution in [-0.2, 0) is 11.2 Å². The Morgan fingerprint density at radius 3 is 2.81 bits per heavy atom. The van der Waals surface area contributed by atoms with Gasteiger partial charge in [-0.3, -0.25) is 0 Å². The first kappa shape index (κ1) is 12.1. The highest BCUT2D eigenvalue weighted by atomic mass is 16.5. The number of benzene rings is 1. The maximum Gasteiger partial charge on any atom is 0.338 e. The van der Waals surface area contributed by atoms with Crippen molar-refractivity contribution in [1.29, 1.82) is 5.26 Å². The fourth-order valence-corrected chi connectivity index (χ4v) is 1.42. The van der Waals surface area contributed by atoms with E-state index in [0.717, 1.165) is 0 Å². The van der Waals surface area contributed by atoms with Gasteiger partial charge in [-0.25, -0.2) is 4.79 Å². The molecule has 0 unspecified atom stereocenters. The number of carbonyl (C=O) groups is 1. The second kappa shape index (κ2) is 5.76. The van der Waals surface area contributed by atoms with Gasteiger partial charge in [0.1, 0.15) is 5.75 Å². The van der Waals surface area contributed by atoms with Crippen LogP contribution in [-0.4, -0.2) is 19.7 Å². The Morgan fingerprint density at radius 2 is 2.25 bits per heavy atom. The van der Waals surface area contributed by atoms with Crippen LogP contribution in [0.4, 0.5) is 0 Å². The number of nitrogens with zero attached hydrogens (tertiary/aromatic N) is 1. The first-order valence-corrected chi connectivity index (χ1v) is 4.94. The van der Waals surface area contributed by atoms with E-state index in [2.05, 4.69) is 0 Å². The van der Waals surface area contributed by atoms with Crippen LogP contribution in [0.1, 0.15) is 22.8 Å². The summed E-state index contributed by atoms with van der Waals surface area (Å²) < 4.78 is 10.0. The van der Waals surface area contributed by atoms with E-state index in [1.165, 1.54) is 7.11 Å². The fourth-order valence-electron chi connectivity index (χ4n) is 1.42. The van der Waals surface area contributed by atoms with Crippen molar-refractivity contribution >= 4 is 5.97 Å². The summed E-state index contributed by atoms with van der Waals surface area (Å²) in [5.74, 6) is 0.110. The zero-order valence-corrected chi connectivity index (χ0v) is 9.32. The minimum Gasteiger partial charge on any atom is -0.496 e. The summed E-state index contributed by atoms with van der Waals surface area (Å²) in [6.45, 7) is 2.05. The lowest BCUT2D eigenvalue weighted by molar-refractivity contribution is 0.0525. The van der Waals surface area contributed by atoms with Gasteiger partial charge in [0, 0.05) is 5.56 Å². The maximum atomic E-state index is 11.6. The molecule has 0 amide bonds. The molecular weight excluding hydrogens is 206 g/mol. The summed E-state index contributed by atoms with van der Waals surface area (Å²) in [5, 5.41) is 8.72. The lowest BCUT2D eigenvalue weighted by atomic mass is 10.0. The molecule has 0 aliphatic rings. The molecule has 0 aromatic heterocycles. The van der Waals surface area contributed by atoms with Crippen LogP contribution in [0.25, 0.3) is 0 Å². The van der Waals surface area contributed by atoms with E-state index in [0.29, 0.717) is 23.5 Å². The average molecular weight is 219 g/mol. The van der Waals surface area contributed by atoms with Crippen molar-refractivity contribution in [2.45, 2.75) is 13.3 Å². The van der Waals surface area contributed by atoms with Crippen molar-refractivity contribution in [3.63, 3.8) is 0 Å². The molecule has 0 heterocycles. The Bertz CT molecular complexity index is 421. The molecule has 1 aromatic rings. The Balaban J connectivity index is 3.17. The third-order valence-electron chi connectivity index (χ3n) is 2.10. The molecule has 0 aliphatic carbocycles. The second-order valence-corrected chi connectivity index (χ2v) is 3.04. The predicted octanol–water partition coefficient (Wildman–Crippen LogP) is 1.94. The zero-order valence-electron chi connectivity index (χ0n) is 9.32. The van der Waals surface area contributed by atoms with E-state index in [-0.39, 0.29) is 6.42 Å². The highest BCUT2D eigenvalue weighted by molar-refractivity contribution is 5.92. The predicted molar refractivity (Wildman–Crippen MR) is 58.3 cm³/mol. The number of methoxy groups -OCH3 is 1. The van der Waals surface area contributed by atoms with E-state index in [9.17, 15) is 4.79 Å². The number of hydrogen-bond donors (Lipinski definition) is 0. The van der Waals surface area contributed by atoms with Crippen molar-refractivity contribution < 1.29 is 14.3 Å². The molecule has 0 N–H and O–H groups in total. The molecule has 0 radical (unpaired) electrons. The first-order chi connectivity index (χ1) is 7.74. The van der Waals surface area contributed by atoms with Crippen LogP contribution in [0.3, 0.4) is 0 Å². The average Bonchev–Trinajstić information content (AvgIpc) is 2.30. The molecule has 16 heavy (non-hydrogen) atoms. The van der Waals surface area contributed by atoms with Gasteiger partial charge in [-0.05, 0) is 19.1 Å². The highest BCUT2D eigenvalue weighted by Gasteiger charge is 2.15. The molecule has 0 spiro atoms. The molecule has 4 nitrogen and oxygen atoms in total. The smallest absolute Gasteiger partial charge is 0.338 e. The summed E-state index contributed by atoms with van der Waals surface area (Å²) >= 11 is 0. The van der Waals surface area contributed by atoms with Crippen molar-refractivity contribution in [1.82, 2.24) is 0 Å². The number of ether oxygens (including phenoxy) is 2. The topological polar surface area (TPSA) is 59.3 Å². The van der Waals surface area contributed by atoms with Gasteiger partial charge in [-0.1, -0.05) is 6.07 Å². The lowest BCUT2D eigenvalue weighted by Gasteiger charge is -2.10. The maximum absolute atomic E-state index is 11.6. The van der Waals surface area contributed by atoms with Crippen molar-refractivity contribution in [2.24, 2.45) is 0 Å². The summed E-state index contributed by atoms with van der Waals surface area (Å²) in [4.78, 5) is 11.6. The van der Waals surface area contributed by atoms with Crippen LogP contribution in [0, 0.1) is 11.3 Å². The number of hydrogen-bond acceptors (Lipinski definition) is 4. The number of carbonyl (C=O) groups excluding carboxylic acids is 1. The van der Waals surface area contributed by atoms with Gasteiger partial charge in [0.25, 0.3) is 0 Å². The summed E-state index contributed by atoms with van der Waals surface area (Å²) in [6, 6.07) is 7.06. The fraction of sp³-hybridized carbons (Fsp3) is 0.333. The lowest BCUT2D eigenvalue weighted by Crippen LogP contribution is -2.09. The Labute approximate surface area is 94.4 Å². The largest absolute Gasteiger partial charge is 0.496 e. The molecule has 1 rings (SSSR count). The first-order valence-electron chi connectivity index (χ1n) is 4.94. The van der Waals surface area contributed by atoms with Crippen LogP contribution in [0.5, 0.6) is 5.75 Å². The van der Waals surface area contributed by atoms with E-state index in [1.54, 1.807) is 25.1 Å². The molecule has 1 aromatic carbocycles. The summed E-state index contributed by atoms with van der Waals surface area (Å²) in [5.41, 5.74) is 0.966. The van der Waals surface area contributed by atoms with Crippen molar-refractivity contribution in [2.75, 3.05) is 13.7 Å². The van der Waals surface area contributed by atoms with Crippen molar-refractivity contribution in [3.05, 3.63) is 29.3 Å². The molecular formula is C12H13NO3. The minimum atomic E-state index is -0.424. The normalized spacial score (nSPS) is 9.31. The van der Waals surface area contributed by atoms with Crippen LogP contribution in [0.2, 0.25) is 0 Å². The quantitative estimate of drug-likeness (QED) is 0.726. The standard InChI is InChI=1S/C12H13NO3/c1-3-16-12(14)10-5-4-6-11(15-2)9(10)7-8-13/h4-6H,3,7H2,1-2H3. The van der Waals surface area contributed by atoms with E-state index < -0.39 is 5.97 Å². The number of nitriles is 1. The van der Waals surface area contributed by atoms with Gasteiger partial charge >= 0.3 is 5.97 Å². The van der Waals surface area contributed by atoms with Gasteiger partial charge in [0.05, 0.1) is 31.8 Å². The minimum absolute atomic E-state index is 0.123. The second-order valence-electron chi connectivity index (χ2n) is 3.04. The molecule has 0 aliphatic heterocycles. The Hall–Kier alpha value is -2.02. The molecule has 84 valence electrons. The molecule has 0 fully saturated rings. The van der Waals surface area contributed by atoms with E-state index in [1.807, 2.05) is 6.07 Å². The third kappa shape index (κ3) is 2.51. The molecule has 4 heteroatoms. The summed E-state index contributed by atoms with van der Waals surface area (Å²) in [7, 11) is 1.51. The van der Waals surface area contributed by atoms with E-state index >= 15 is 0 Å². The van der Waals surface area contributed by atoms with Gasteiger partial charge in [-0.2, -0.15) is 5.26 Å². The van der Waals surface area contributed by atoms with E-state index in [4.69, 9.17) is 14.7 Å². The van der Waals surface area contributed by atoms with Gasteiger partial charge < -0.3 is 9.47 Å².